The number of hydrogen-bond donors (Lipinski definition) is 1. The zero-order chi connectivity index (χ0) is 63.5. The van der Waals surface area contributed by atoms with Crippen LogP contribution in [0.1, 0.15) is 0 Å². The number of aromatic amines is 1. The van der Waals surface area contributed by atoms with Crippen molar-refractivity contribution >= 4 is 20.9 Å². The number of rotatable bonds is 2. The Morgan fingerprint density at radius 2 is 0.461 bits per heavy atom. The summed E-state index contributed by atoms with van der Waals surface area (Å²) in [5.74, 6) is 168. The SMILES string of the molecule is C#CC#CC#CC#CC#CC#CC#CC#CC#CC#CC#CC#CC#CC#CC#CC#CC#CC#CC#CC#CC#CC#CC#CC#CC#CC#CC#CC#CC#CC#CC#CC#CC#CC#CC#C.CS(=O)(=O)c1ccccc1-c1cccc2[nH]cnc12. The molecule has 0 saturated heterocycles. The molecule has 1 aromatic heterocycles. The Bertz CT molecular complexity index is 5710. The summed E-state index contributed by atoms with van der Waals surface area (Å²) in [5, 5.41) is 0. The van der Waals surface area contributed by atoms with Gasteiger partial charge in [-0.2, -0.15) is 0 Å². The van der Waals surface area contributed by atoms with Crippen LogP contribution < -0.4 is 0 Å². The summed E-state index contributed by atoms with van der Waals surface area (Å²) < 4.78 is 23.7. The highest BCUT2D eigenvalue weighted by Crippen LogP contribution is 2.31. The van der Waals surface area contributed by atoms with Gasteiger partial charge in [0.25, 0.3) is 0 Å². The molecule has 1 N–H and O–H groups in total. The third-order valence-electron chi connectivity index (χ3n) is 7.23. The molecule has 0 aliphatic heterocycles. The molecule has 0 unspecified atom stereocenters. The van der Waals surface area contributed by atoms with E-state index in [0.717, 1.165) is 16.6 Å². The maximum atomic E-state index is 11.9. The molecular formula is C84H14N2O2S. The summed E-state index contributed by atoms with van der Waals surface area (Å²) in [7, 11) is -3.27. The van der Waals surface area contributed by atoms with Crippen LogP contribution in [0.4, 0.5) is 0 Å². The van der Waals surface area contributed by atoms with E-state index in [1.807, 2.05) is 24.3 Å². The summed E-state index contributed by atoms with van der Waals surface area (Å²) in [6.45, 7) is 0. The molecule has 1 heterocycles. The third kappa shape index (κ3) is 40.4. The quantitative estimate of drug-likeness (QED) is 0.403. The lowest BCUT2D eigenvalue weighted by Gasteiger charge is -2.08. The van der Waals surface area contributed by atoms with E-state index in [1.165, 1.54) is 6.26 Å². The first-order chi connectivity index (χ1) is 44.0. The molecule has 0 radical (unpaired) electrons. The van der Waals surface area contributed by atoms with E-state index in [1.54, 1.807) is 24.5 Å². The van der Waals surface area contributed by atoms with Crippen LogP contribution in [0, 0.1) is 415 Å². The van der Waals surface area contributed by atoms with E-state index in [4.69, 9.17) is 12.8 Å². The lowest BCUT2D eigenvalue weighted by molar-refractivity contribution is 0.602. The molecule has 0 aliphatic carbocycles. The minimum Gasteiger partial charge on any atom is -0.345 e. The smallest absolute Gasteiger partial charge is 0.176 e. The van der Waals surface area contributed by atoms with Gasteiger partial charge in [0.15, 0.2) is 9.84 Å². The van der Waals surface area contributed by atoms with Crippen molar-refractivity contribution in [2.45, 2.75) is 4.90 Å². The van der Waals surface area contributed by atoms with E-state index in [2.05, 4.69) is 413 Å². The fourth-order valence-corrected chi connectivity index (χ4v) is 5.17. The molecule has 3 rings (SSSR count). The van der Waals surface area contributed by atoms with Crippen molar-refractivity contribution in [3.8, 4) is 427 Å². The summed E-state index contributed by atoms with van der Waals surface area (Å²) in [6.07, 6.45) is 12.7. The number of H-pyrrole nitrogens is 1. The molecule has 0 aliphatic rings. The molecule has 5 heteroatoms. The molecule has 89 heavy (non-hydrogen) atoms. The lowest BCUT2D eigenvalue weighted by atomic mass is 10.0. The third-order valence-corrected chi connectivity index (χ3v) is 8.39. The van der Waals surface area contributed by atoms with Crippen LogP contribution in [-0.4, -0.2) is 24.6 Å². The molecule has 378 valence electrons. The second-order valence-electron chi connectivity index (χ2n) is 12.9. The van der Waals surface area contributed by atoms with Crippen molar-refractivity contribution in [3.63, 3.8) is 0 Å². The number of fused-ring (bicyclic) bond motifs is 1. The Balaban J connectivity index is 0.00000118. The molecular weight excluding hydrogens is 1100 g/mol. The molecule has 0 amide bonds. The maximum Gasteiger partial charge on any atom is 0.176 e. The standard InChI is InChI=1S/C70H2.C14H12N2O2S/c1-3-5-7-9-11-13-15-17-19-21-23-25-27-29-31-33-35-37-39-41-43-45-47-49-51-53-55-57-59-61-63-65-67-69-70-68-66-64-62-60-58-56-54-52-50-48-46-44-42-40-38-36-34-32-30-28-26-24-22-20-18-16-14-12-10-8-6-4-2;1-19(17,18)13-8-3-2-5-10(13)11-6-4-7-12-14(11)16-9-15-12/h1-2H;2-9H,1H3,(H,15,16). The van der Waals surface area contributed by atoms with Gasteiger partial charge in [-0.3, -0.25) is 0 Å². The van der Waals surface area contributed by atoms with Crippen molar-refractivity contribution in [1.29, 1.82) is 0 Å². The highest BCUT2D eigenvalue weighted by Gasteiger charge is 2.16. The maximum absolute atomic E-state index is 11.9. The number of terminal acetylenes is 2. The zero-order valence-electron chi connectivity index (χ0n) is 45.4. The van der Waals surface area contributed by atoms with Crippen molar-refractivity contribution in [3.05, 3.63) is 48.8 Å². The largest absolute Gasteiger partial charge is 0.345 e. The molecule has 0 atom stereocenters. The first-order valence-electron chi connectivity index (χ1n) is 23.1. The number of para-hydroxylation sites is 1. The van der Waals surface area contributed by atoms with Gasteiger partial charge in [0.2, 0.25) is 0 Å². The summed E-state index contributed by atoms with van der Waals surface area (Å²) in [5.41, 5.74) is 3.17. The Kier molecular flexibility index (Phi) is 38.9. The van der Waals surface area contributed by atoms with Crippen molar-refractivity contribution < 1.29 is 8.42 Å². The number of benzene rings is 2. The first-order valence-corrected chi connectivity index (χ1v) is 25.0. The highest BCUT2D eigenvalue weighted by atomic mass is 32.2. The number of imidazole rings is 1. The van der Waals surface area contributed by atoms with Crippen LogP contribution in [0.15, 0.2) is 53.7 Å². The summed E-state index contributed by atoms with van der Waals surface area (Å²) in [4.78, 5) is 7.62. The molecule has 3 aromatic rings. The van der Waals surface area contributed by atoms with E-state index >= 15 is 0 Å². The Labute approximate surface area is 522 Å². The molecule has 0 spiro atoms. The fourth-order valence-electron chi connectivity index (χ4n) is 4.27. The second kappa shape index (κ2) is 51.2. The van der Waals surface area contributed by atoms with Crippen molar-refractivity contribution in [2.75, 3.05) is 6.26 Å². The Hall–Kier alpha value is -17.5. The predicted octanol–water partition coefficient (Wildman–Crippen LogP) is 3.00. The van der Waals surface area contributed by atoms with Gasteiger partial charge >= 0.3 is 0 Å². The fraction of sp³-hybridized carbons (Fsp3) is 0.0119. The van der Waals surface area contributed by atoms with E-state index < -0.39 is 9.84 Å². The summed E-state index contributed by atoms with van der Waals surface area (Å²) in [6, 6.07) is 12.7. The minimum absolute atomic E-state index is 0.325. The number of nitrogens with zero attached hydrogens (tertiary/aromatic N) is 1. The van der Waals surface area contributed by atoms with Crippen LogP contribution >= 0.6 is 0 Å². The van der Waals surface area contributed by atoms with Crippen molar-refractivity contribution in [2.24, 2.45) is 0 Å². The topological polar surface area (TPSA) is 62.8 Å². The van der Waals surface area contributed by atoms with Crippen LogP contribution in [0.5, 0.6) is 0 Å². The monoisotopic (exact) mass is 1110 g/mol. The van der Waals surface area contributed by atoms with E-state index in [-0.39, 0.29) is 0 Å². The van der Waals surface area contributed by atoms with E-state index in [9.17, 15) is 8.42 Å². The van der Waals surface area contributed by atoms with Gasteiger partial charge in [0.05, 0.1) is 22.3 Å². The van der Waals surface area contributed by atoms with Gasteiger partial charge in [0.1, 0.15) is 0 Å². The van der Waals surface area contributed by atoms with Gasteiger partial charge in [-0.25, -0.2) is 13.4 Å². The summed E-state index contributed by atoms with van der Waals surface area (Å²) >= 11 is 0. The van der Waals surface area contributed by atoms with Gasteiger partial charge in [-0.15, -0.1) is 12.8 Å². The molecule has 4 nitrogen and oxygen atoms in total. The van der Waals surface area contributed by atoms with Gasteiger partial charge in [-0.05, 0) is 107 Å². The zero-order valence-corrected chi connectivity index (χ0v) is 46.3. The lowest BCUT2D eigenvalue weighted by Crippen LogP contribution is -1.99. The number of nitrogens with one attached hydrogen (secondary N) is 1. The number of sulfone groups is 1. The predicted molar refractivity (Wildman–Crippen MR) is 349 cm³/mol. The van der Waals surface area contributed by atoms with Crippen LogP contribution in [0.25, 0.3) is 22.2 Å². The van der Waals surface area contributed by atoms with Crippen molar-refractivity contribution in [1.82, 2.24) is 9.97 Å². The average molecular weight is 1120 g/mol. The Morgan fingerprint density at radius 1 is 0.270 bits per heavy atom. The van der Waals surface area contributed by atoms with Crippen LogP contribution in [0.2, 0.25) is 0 Å². The second-order valence-corrected chi connectivity index (χ2v) is 14.9. The molecule has 0 saturated carbocycles. The van der Waals surface area contributed by atoms with Crippen LogP contribution in [0.3, 0.4) is 0 Å². The first kappa shape index (κ1) is 67.6. The normalized spacial score (nSPS) is 5.61. The minimum atomic E-state index is -3.27. The van der Waals surface area contributed by atoms with Gasteiger partial charge in [-0.1, -0.05) is 30.3 Å². The number of aromatic nitrogens is 2. The molecule has 0 fully saturated rings. The average Bonchev–Trinajstić information content (AvgIpc) is 2.85. The highest BCUT2D eigenvalue weighted by molar-refractivity contribution is 7.90. The van der Waals surface area contributed by atoms with Crippen LogP contribution in [-0.2, 0) is 9.84 Å². The number of hydrogen-bond acceptors (Lipinski definition) is 3. The van der Waals surface area contributed by atoms with Gasteiger partial charge < -0.3 is 4.98 Å². The Morgan fingerprint density at radius 3 is 0.663 bits per heavy atom. The molecule has 2 aromatic carbocycles. The van der Waals surface area contributed by atoms with Gasteiger partial charge in [0, 0.05) is 325 Å². The molecule has 0 bridgehead atoms. The van der Waals surface area contributed by atoms with E-state index in [0.29, 0.717) is 10.5 Å².